The van der Waals surface area contributed by atoms with E-state index in [0.717, 1.165) is 15.7 Å². The first-order valence-corrected chi connectivity index (χ1v) is 6.45. The summed E-state index contributed by atoms with van der Waals surface area (Å²) in [5.41, 5.74) is 1.84. The molecule has 0 aliphatic carbocycles. The summed E-state index contributed by atoms with van der Waals surface area (Å²) >= 11 is 3.45. The predicted molar refractivity (Wildman–Crippen MR) is 73.9 cm³/mol. The van der Waals surface area contributed by atoms with Gasteiger partial charge in [-0.1, -0.05) is 40.2 Å². The molecule has 1 amide bonds. The third-order valence-corrected chi connectivity index (χ3v) is 3.28. The number of nitrogens with zero attached hydrogens (tertiary/aromatic N) is 1. The zero-order chi connectivity index (χ0) is 12.8. The van der Waals surface area contributed by atoms with Crippen LogP contribution in [0.3, 0.4) is 0 Å². The second-order valence-corrected chi connectivity index (χ2v) is 4.72. The van der Waals surface area contributed by atoms with Crippen LogP contribution < -0.4 is 5.32 Å². The topological polar surface area (TPSA) is 42.0 Å². The van der Waals surface area contributed by atoms with Gasteiger partial charge in [0.15, 0.2) is 0 Å². The van der Waals surface area contributed by atoms with Crippen molar-refractivity contribution in [2.24, 2.45) is 0 Å². The smallest absolute Gasteiger partial charge is 0.226 e. The summed E-state index contributed by atoms with van der Waals surface area (Å²) in [4.78, 5) is 15.9. The molecule has 0 fully saturated rings. The van der Waals surface area contributed by atoms with Crippen LogP contribution >= 0.6 is 15.9 Å². The number of halogens is 1. The highest BCUT2D eigenvalue weighted by molar-refractivity contribution is 9.10. The van der Waals surface area contributed by atoms with Gasteiger partial charge in [-0.15, -0.1) is 0 Å². The summed E-state index contributed by atoms with van der Waals surface area (Å²) in [6.07, 6.45) is 2.00. The van der Waals surface area contributed by atoms with Gasteiger partial charge in [0, 0.05) is 22.9 Å². The number of carbonyl (C=O) groups excluding carboxylic acids is 1. The van der Waals surface area contributed by atoms with Crippen LogP contribution in [0.2, 0.25) is 0 Å². The first-order chi connectivity index (χ1) is 8.75. The van der Waals surface area contributed by atoms with Gasteiger partial charge in [-0.3, -0.25) is 9.78 Å². The summed E-state index contributed by atoms with van der Waals surface area (Å²) in [7, 11) is 0. The molecule has 0 atom stereocenters. The molecule has 0 aliphatic heterocycles. The van der Waals surface area contributed by atoms with Crippen molar-refractivity contribution in [3.05, 3.63) is 64.4 Å². The van der Waals surface area contributed by atoms with Crippen LogP contribution in [0.4, 0.5) is 0 Å². The molecule has 0 radical (unpaired) electrons. The summed E-state index contributed by atoms with van der Waals surface area (Å²) in [5.74, 6) is -0.0237. The van der Waals surface area contributed by atoms with Crippen molar-refractivity contribution in [1.82, 2.24) is 10.3 Å². The monoisotopic (exact) mass is 304 g/mol. The zero-order valence-electron chi connectivity index (χ0n) is 9.77. The standard InChI is InChI=1S/C14H13BrN2O/c15-13-7-2-1-5-11(13)10-17-14(18)9-12-6-3-4-8-16-12/h1-8H,9-10H2,(H,17,18). The minimum Gasteiger partial charge on any atom is -0.352 e. The number of hydrogen-bond donors (Lipinski definition) is 1. The van der Waals surface area contributed by atoms with Gasteiger partial charge in [-0.25, -0.2) is 0 Å². The van der Waals surface area contributed by atoms with Gasteiger partial charge in [-0.2, -0.15) is 0 Å². The number of aromatic nitrogens is 1. The number of amides is 1. The minimum absolute atomic E-state index is 0.0237. The van der Waals surface area contributed by atoms with Crippen molar-refractivity contribution >= 4 is 21.8 Å². The second-order valence-electron chi connectivity index (χ2n) is 3.87. The fraction of sp³-hybridized carbons (Fsp3) is 0.143. The Morgan fingerprint density at radius 2 is 1.94 bits per heavy atom. The van der Waals surface area contributed by atoms with Crippen LogP contribution in [-0.4, -0.2) is 10.9 Å². The Kier molecular flexibility index (Phi) is 4.47. The highest BCUT2D eigenvalue weighted by atomic mass is 79.9. The lowest BCUT2D eigenvalue weighted by Gasteiger charge is -2.06. The zero-order valence-corrected chi connectivity index (χ0v) is 11.4. The number of carbonyl (C=O) groups is 1. The lowest BCUT2D eigenvalue weighted by molar-refractivity contribution is -0.120. The van der Waals surface area contributed by atoms with Gasteiger partial charge in [0.05, 0.1) is 6.42 Å². The van der Waals surface area contributed by atoms with Gasteiger partial charge < -0.3 is 5.32 Å². The molecule has 3 nitrogen and oxygen atoms in total. The van der Waals surface area contributed by atoms with Crippen molar-refractivity contribution < 1.29 is 4.79 Å². The van der Waals surface area contributed by atoms with E-state index < -0.39 is 0 Å². The Bertz CT molecular complexity index is 528. The van der Waals surface area contributed by atoms with Gasteiger partial charge in [0.25, 0.3) is 0 Å². The van der Waals surface area contributed by atoms with Crippen LogP contribution in [0.15, 0.2) is 53.1 Å². The second kappa shape index (κ2) is 6.31. The van der Waals surface area contributed by atoms with Crippen LogP contribution in [-0.2, 0) is 17.8 Å². The third kappa shape index (κ3) is 3.67. The van der Waals surface area contributed by atoms with Gasteiger partial charge in [0.2, 0.25) is 5.91 Å². The fourth-order valence-corrected chi connectivity index (χ4v) is 1.99. The first-order valence-electron chi connectivity index (χ1n) is 5.66. The largest absolute Gasteiger partial charge is 0.352 e. The number of pyridine rings is 1. The van der Waals surface area contributed by atoms with Gasteiger partial charge >= 0.3 is 0 Å². The van der Waals surface area contributed by atoms with Crippen molar-refractivity contribution in [3.8, 4) is 0 Å². The average Bonchev–Trinajstić information content (AvgIpc) is 2.39. The molecule has 0 saturated heterocycles. The number of hydrogen-bond acceptors (Lipinski definition) is 2. The number of benzene rings is 1. The number of nitrogens with one attached hydrogen (secondary N) is 1. The third-order valence-electron chi connectivity index (χ3n) is 2.50. The van der Waals surface area contributed by atoms with Crippen molar-refractivity contribution in [2.75, 3.05) is 0 Å². The molecular formula is C14H13BrN2O. The van der Waals surface area contributed by atoms with Crippen LogP contribution in [0, 0.1) is 0 Å². The van der Waals surface area contributed by atoms with E-state index in [4.69, 9.17) is 0 Å². The molecule has 4 heteroatoms. The predicted octanol–water partition coefficient (Wildman–Crippen LogP) is 2.70. The van der Waals surface area contributed by atoms with E-state index in [2.05, 4.69) is 26.2 Å². The molecule has 0 saturated carbocycles. The molecule has 18 heavy (non-hydrogen) atoms. The molecule has 2 rings (SSSR count). The van der Waals surface area contributed by atoms with E-state index in [-0.39, 0.29) is 5.91 Å². The highest BCUT2D eigenvalue weighted by Crippen LogP contribution is 2.15. The number of rotatable bonds is 4. The molecule has 0 bridgehead atoms. The highest BCUT2D eigenvalue weighted by Gasteiger charge is 2.05. The van der Waals surface area contributed by atoms with Crippen molar-refractivity contribution in [3.63, 3.8) is 0 Å². The van der Waals surface area contributed by atoms with E-state index in [9.17, 15) is 4.79 Å². The lowest BCUT2D eigenvalue weighted by Crippen LogP contribution is -2.25. The van der Waals surface area contributed by atoms with Crippen molar-refractivity contribution in [2.45, 2.75) is 13.0 Å². The Morgan fingerprint density at radius 1 is 1.17 bits per heavy atom. The van der Waals surface area contributed by atoms with Crippen molar-refractivity contribution in [1.29, 1.82) is 0 Å². The molecule has 1 aromatic carbocycles. The molecule has 0 spiro atoms. The lowest BCUT2D eigenvalue weighted by atomic mass is 10.2. The quantitative estimate of drug-likeness (QED) is 0.943. The Balaban J connectivity index is 1.88. The normalized spacial score (nSPS) is 10.1. The summed E-state index contributed by atoms with van der Waals surface area (Å²) in [6.45, 7) is 0.521. The Hall–Kier alpha value is -1.68. The molecule has 2 aromatic rings. The molecule has 0 unspecified atom stereocenters. The SMILES string of the molecule is O=C(Cc1ccccn1)NCc1ccccc1Br. The molecule has 92 valence electrons. The van der Waals surface area contributed by atoms with Crippen LogP contribution in [0.25, 0.3) is 0 Å². The Morgan fingerprint density at radius 3 is 2.67 bits per heavy atom. The maximum absolute atomic E-state index is 11.7. The Labute approximate surface area is 114 Å². The fourth-order valence-electron chi connectivity index (χ4n) is 1.57. The van der Waals surface area contributed by atoms with Gasteiger partial charge in [-0.05, 0) is 23.8 Å². The van der Waals surface area contributed by atoms with E-state index >= 15 is 0 Å². The summed E-state index contributed by atoms with van der Waals surface area (Å²) < 4.78 is 1.00. The van der Waals surface area contributed by atoms with Crippen LogP contribution in [0.5, 0.6) is 0 Å². The maximum Gasteiger partial charge on any atom is 0.226 e. The maximum atomic E-state index is 11.7. The van der Waals surface area contributed by atoms with E-state index in [1.807, 2.05) is 42.5 Å². The molecule has 0 aliphatic rings. The van der Waals surface area contributed by atoms with E-state index in [1.165, 1.54) is 0 Å². The minimum atomic E-state index is -0.0237. The van der Waals surface area contributed by atoms with E-state index in [0.29, 0.717) is 13.0 Å². The first kappa shape index (κ1) is 12.8. The van der Waals surface area contributed by atoms with Crippen LogP contribution in [0.1, 0.15) is 11.3 Å². The average molecular weight is 305 g/mol. The van der Waals surface area contributed by atoms with Gasteiger partial charge in [0.1, 0.15) is 0 Å². The molecule has 1 heterocycles. The summed E-state index contributed by atoms with van der Waals surface area (Å²) in [6, 6.07) is 13.4. The molecular weight excluding hydrogens is 292 g/mol. The molecule has 1 aromatic heterocycles. The summed E-state index contributed by atoms with van der Waals surface area (Å²) in [5, 5.41) is 2.88. The molecule has 1 N–H and O–H groups in total. The van der Waals surface area contributed by atoms with E-state index in [1.54, 1.807) is 6.20 Å².